The lowest BCUT2D eigenvalue weighted by Crippen LogP contribution is -2.24. The molecule has 0 amide bonds. The van der Waals surface area contributed by atoms with Crippen molar-refractivity contribution in [2.45, 2.75) is 11.6 Å². The van der Waals surface area contributed by atoms with Crippen LogP contribution < -0.4 is 18.9 Å². The van der Waals surface area contributed by atoms with Crippen LogP contribution in [0.1, 0.15) is 5.56 Å². The monoisotopic (exact) mass is 480 g/mol. The Morgan fingerprint density at radius 1 is 0.824 bits per heavy atom. The zero-order chi connectivity index (χ0) is 24.1. The van der Waals surface area contributed by atoms with E-state index in [1.54, 1.807) is 48.5 Å². The fourth-order valence-corrected chi connectivity index (χ4v) is 4.55. The van der Waals surface area contributed by atoms with Crippen LogP contribution in [0.15, 0.2) is 82.2 Å². The molecule has 1 N–H and O–H groups in total. The Bertz CT molecular complexity index is 1340. The number of hydrogen-bond donors (Lipinski definition) is 1. The SMILES string of the molecule is COc1cc(CNS(=O)(=O)c2nc(-c3ccccc3)oc2-c2ccccc2)cc(OC)c1OC. The highest BCUT2D eigenvalue weighted by Gasteiger charge is 2.27. The lowest BCUT2D eigenvalue weighted by molar-refractivity contribution is 0.323. The normalized spacial score (nSPS) is 11.3. The van der Waals surface area contributed by atoms with E-state index in [1.807, 2.05) is 24.3 Å². The zero-order valence-corrected chi connectivity index (χ0v) is 19.8. The summed E-state index contributed by atoms with van der Waals surface area (Å²) in [5.41, 5.74) is 1.89. The number of methoxy groups -OCH3 is 3. The van der Waals surface area contributed by atoms with Crippen molar-refractivity contribution in [1.29, 1.82) is 0 Å². The van der Waals surface area contributed by atoms with E-state index in [1.165, 1.54) is 21.3 Å². The molecule has 0 fully saturated rings. The molecule has 0 saturated carbocycles. The first-order valence-corrected chi connectivity index (χ1v) is 11.9. The molecule has 0 saturated heterocycles. The highest BCUT2D eigenvalue weighted by molar-refractivity contribution is 7.89. The third-order valence-corrected chi connectivity index (χ3v) is 6.41. The minimum atomic E-state index is -4.05. The summed E-state index contributed by atoms with van der Waals surface area (Å²) in [5.74, 6) is 1.65. The summed E-state index contributed by atoms with van der Waals surface area (Å²) in [5, 5.41) is -0.190. The van der Waals surface area contributed by atoms with E-state index in [0.29, 0.717) is 33.9 Å². The fraction of sp³-hybridized carbons (Fsp3) is 0.160. The van der Waals surface area contributed by atoms with E-state index in [-0.39, 0.29) is 23.2 Å². The molecule has 3 aromatic carbocycles. The fourth-order valence-electron chi connectivity index (χ4n) is 3.45. The molecule has 0 aliphatic rings. The van der Waals surface area contributed by atoms with Gasteiger partial charge in [0, 0.05) is 17.7 Å². The predicted molar refractivity (Wildman–Crippen MR) is 127 cm³/mol. The third kappa shape index (κ3) is 4.75. The molecule has 0 atom stereocenters. The van der Waals surface area contributed by atoms with Gasteiger partial charge in [-0.3, -0.25) is 0 Å². The molecular weight excluding hydrogens is 456 g/mol. The Morgan fingerprint density at radius 3 is 1.91 bits per heavy atom. The minimum Gasteiger partial charge on any atom is -0.493 e. The van der Waals surface area contributed by atoms with Gasteiger partial charge in [0.15, 0.2) is 17.3 Å². The Hall–Kier alpha value is -3.82. The topological polar surface area (TPSA) is 99.9 Å². The summed E-state index contributed by atoms with van der Waals surface area (Å²) < 4.78 is 51.3. The van der Waals surface area contributed by atoms with Crippen LogP contribution in [0.25, 0.3) is 22.8 Å². The van der Waals surface area contributed by atoms with E-state index in [9.17, 15) is 8.42 Å². The first kappa shape index (κ1) is 23.3. The first-order valence-electron chi connectivity index (χ1n) is 10.4. The van der Waals surface area contributed by atoms with E-state index >= 15 is 0 Å². The number of sulfonamides is 1. The van der Waals surface area contributed by atoms with E-state index < -0.39 is 10.0 Å². The molecule has 0 aliphatic heterocycles. The van der Waals surface area contributed by atoms with Crippen LogP contribution in [0.2, 0.25) is 0 Å². The Morgan fingerprint density at radius 2 is 1.38 bits per heavy atom. The Balaban J connectivity index is 1.70. The molecule has 0 spiro atoms. The minimum absolute atomic E-state index is 0.0270. The second kappa shape index (κ2) is 9.98. The number of rotatable bonds is 9. The van der Waals surface area contributed by atoms with Gasteiger partial charge >= 0.3 is 0 Å². The number of aromatic nitrogens is 1. The Kier molecular flexibility index (Phi) is 6.85. The molecule has 0 unspecified atom stereocenters. The third-order valence-electron chi connectivity index (χ3n) is 5.10. The summed E-state index contributed by atoms with van der Waals surface area (Å²) in [6.45, 7) is -0.0270. The van der Waals surface area contributed by atoms with Crippen molar-refractivity contribution < 1.29 is 27.0 Å². The molecule has 9 heteroatoms. The van der Waals surface area contributed by atoms with Crippen LogP contribution in [0, 0.1) is 0 Å². The molecule has 8 nitrogen and oxygen atoms in total. The molecule has 176 valence electrons. The maximum absolute atomic E-state index is 13.4. The van der Waals surface area contributed by atoms with Crippen molar-refractivity contribution in [3.05, 3.63) is 78.4 Å². The van der Waals surface area contributed by atoms with Crippen LogP contribution in [0.5, 0.6) is 17.2 Å². The van der Waals surface area contributed by atoms with Crippen LogP contribution in [0.3, 0.4) is 0 Å². The van der Waals surface area contributed by atoms with Gasteiger partial charge in [0.25, 0.3) is 10.0 Å². The molecule has 1 heterocycles. The number of benzene rings is 3. The summed E-state index contributed by atoms with van der Waals surface area (Å²) in [4.78, 5) is 4.35. The van der Waals surface area contributed by atoms with E-state index in [4.69, 9.17) is 18.6 Å². The maximum atomic E-state index is 13.4. The van der Waals surface area contributed by atoms with Crippen molar-refractivity contribution >= 4 is 10.0 Å². The quantitative estimate of drug-likeness (QED) is 0.376. The van der Waals surface area contributed by atoms with Crippen LogP contribution in [0.4, 0.5) is 0 Å². The lowest BCUT2D eigenvalue weighted by atomic mass is 10.2. The number of hydrogen-bond acceptors (Lipinski definition) is 7. The van der Waals surface area contributed by atoms with Gasteiger partial charge in [0.1, 0.15) is 0 Å². The molecule has 0 bridgehead atoms. The number of nitrogens with zero attached hydrogens (tertiary/aromatic N) is 1. The number of nitrogens with one attached hydrogen (secondary N) is 1. The number of oxazole rings is 1. The average Bonchev–Trinajstić information content (AvgIpc) is 3.34. The maximum Gasteiger partial charge on any atom is 0.262 e. The summed E-state index contributed by atoms with van der Waals surface area (Å²) in [6, 6.07) is 21.5. The molecule has 1 aromatic heterocycles. The zero-order valence-electron chi connectivity index (χ0n) is 18.9. The molecule has 4 rings (SSSR count). The van der Waals surface area contributed by atoms with Gasteiger partial charge in [0.2, 0.25) is 16.7 Å². The van der Waals surface area contributed by atoms with Gasteiger partial charge in [0.05, 0.1) is 21.3 Å². The molecule has 4 aromatic rings. The molecule has 0 aliphatic carbocycles. The van der Waals surface area contributed by atoms with Gasteiger partial charge < -0.3 is 18.6 Å². The van der Waals surface area contributed by atoms with E-state index in [0.717, 1.165) is 0 Å². The van der Waals surface area contributed by atoms with Gasteiger partial charge in [-0.25, -0.2) is 13.1 Å². The van der Waals surface area contributed by atoms with Crippen molar-refractivity contribution in [2.24, 2.45) is 0 Å². The predicted octanol–water partition coefficient (Wildman–Crippen LogP) is 4.51. The molecule has 0 radical (unpaired) electrons. The Labute approximate surface area is 198 Å². The summed E-state index contributed by atoms with van der Waals surface area (Å²) in [6.07, 6.45) is 0. The van der Waals surface area contributed by atoms with Gasteiger partial charge in [-0.15, -0.1) is 0 Å². The molecule has 34 heavy (non-hydrogen) atoms. The van der Waals surface area contributed by atoms with Gasteiger partial charge in [-0.2, -0.15) is 4.98 Å². The van der Waals surface area contributed by atoms with Crippen LogP contribution >= 0.6 is 0 Å². The summed E-state index contributed by atoms with van der Waals surface area (Å²) in [7, 11) is 0.452. The smallest absolute Gasteiger partial charge is 0.262 e. The van der Waals surface area contributed by atoms with Gasteiger partial charge in [-0.05, 0) is 29.8 Å². The second-order valence-electron chi connectivity index (χ2n) is 7.24. The first-order chi connectivity index (χ1) is 16.5. The molecular formula is C25H24N2O6S. The highest BCUT2D eigenvalue weighted by atomic mass is 32.2. The number of ether oxygens (including phenoxy) is 3. The van der Waals surface area contributed by atoms with Crippen molar-refractivity contribution in [3.63, 3.8) is 0 Å². The van der Waals surface area contributed by atoms with Crippen molar-refractivity contribution in [1.82, 2.24) is 9.71 Å². The van der Waals surface area contributed by atoms with Crippen LogP contribution in [-0.4, -0.2) is 34.7 Å². The highest BCUT2D eigenvalue weighted by Crippen LogP contribution is 2.38. The average molecular weight is 481 g/mol. The summed E-state index contributed by atoms with van der Waals surface area (Å²) >= 11 is 0. The van der Waals surface area contributed by atoms with Crippen molar-refractivity contribution in [2.75, 3.05) is 21.3 Å². The second-order valence-corrected chi connectivity index (χ2v) is 8.93. The standard InChI is InChI=1S/C25H24N2O6S/c1-30-20-14-17(15-21(31-2)23(20)32-3)16-26-34(28,29)25-22(18-10-6-4-7-11-18)33-24(27-25)19-12-8-5-9-13-19/h4-15,26H,16H2,1-3H3. The largest absolute Gasteiger partial charge is 0.493 e. The van der Waals surface area contributed by atoms with Crippen LogP contribution in [-0.2, 0) is 16.6 Å². The lowest BCUT2D eigenvalue weighted by Gasteiger charge is -2.14. The van der Waals surface area contributed by atoms with Gasteiger partial charge in [-0.1, -0.05) is 48.5 Å². The van der Waals surface area contributed by atoms with E-state index in [2.05, 4.69) is 9.71 Å². The van der Waals surface area contributed by atoms with Crippen molar-refractivity contribution in [3.8, 4) is 40.0 Å².